The molecule has 0 radical (unpaired) electrons. The molecule has 0 saturated heterocycles. The highest BCUT2D eigenvalue weighted by Crippen LogP contribution is 2.13. The van der Waals surface area contributed by atoms with Gasteiger partial charge in [-0.2, -0.15) is 0 Å². The lowest BCUT2D eigenvalue weighted by atomic mass is 10.1. The Labute approximate surface area is 134 Å². The zero-order valence-corrected chi connectivity index (χ0v) is 13.2. The normalized spacial score (nSPS) is 10.4. The van der Waals surface area contributed by atoms with Gasteiger partial charge in [0.25, 0.3) is 5.91 Å². The predicted octanol–water partition coefficient (Wildman–Crippen LogP) is 1.43. The number of hydrogen-bond donors (Lipinski definition) is 3. The Balaban J connectivity index is 1.83. The minimum Gasteiger partial charge on any atom is -0.466 e. The molecule has 0 fully saturated rings. The van der Waals surface area contributed by atoms with Crippen molar-refractivity contribution in [2.75, 3.05) is 6.54 Å². The van der Waals surface area contributed by atoms with Crippen molar-refractivity contribution in [3.8, 4) is 0 Å². The van der Waals surface area contributed by atoms with E-state index in [1.165, 1.54) is 0 Å². The van der Waals surface area contributed by atoms with Crippen LogP contribution in [-0.4, -0.2) is 23.5 Å². The van der Waals surface area contributed by atoms with Crippen molar-refractivity contribution in [3.05, 3.63) is 58.5 Å². The molecule has 23 heavy (non-hydrogen) atoms. The molecule has 0 aliphatic rings. The Kier molecular flexibility index (Phi) is 5.54. The fourth-order valence-corrected chi connectivity index (χ4v) is 2.25. The summed E-state index contributed by atoms with van der Waals surface area (Å²) < 4.78 is 5.29. The summed E-state index contributed by atoms with van der Waals surface area (Å²) in [5, 5.41) is 14.5. The van der Waals surface area contributed by atoms with Gasteiger partial charge in [-0.05, 0) is 31.0 Å². The maximum atomic E-state index is 12.0. The number of amides is 2. The van der Waals surface area contributed by atoms with E-state index in [4.69, 9.17) is 4.42 Å². The summed E-state index contributed by atoms with van der Waals surface area (Å²) >= 11 is 0. The van der Waals surface area contributed by atoms with Gasteiger partial charge in [0, 0.05) is 6.54 Å². The molecule has 6 nitrogen and oxygen atoms in total. The van der Waals surface area contributed by atoms with E-state index in [1.54, 1.807) is 26.0 Å². The fourth-order valence-electron chi connectivity index (χ4n) is 2.25. The first-order valence-corrected chi connectivity index (χ1v) is 7.31. The molecule has 1 aromatic carbocycles. The number of hydrogen-bond acceptors (Lipinski definition) is 4. The van der Waals surface area contributed by atoms with Crippen molar-refractivity contribution in [1.29, 1.82) is 0 Å². The summed E-state index contributed by atoms with van der Waals surface area (Å²) in [6.07, 6.45) is 0. The first-order chi connectivity index (χ1) is 11.0. The van der Waals surface area contributed by atoms with Gasteiger partial charge >= 0.3 is 0 Å². The van der Waals surface area contributed by atoms with E-state index in [9.17, 15) is 14.7 Å². The number of carbonyl (C=O) groups is 2. The van der Waals surface area contributed by atoms with E-state index < -0.39 is 0 Å². The number of aliphatic hydroxyl groups is 1. The Morgan fingerprint density at radius 2 is 1.83 bits per heavy atom. The third-order valence-corrected chi connectivity index (χ3v) is 3.46. The van der Waals surface area contributed by atoms with Crippen LogP contribution in [0.1, 0.15) is 33.0 Å². The van der Waals surface area contributed by atoms with E-state index in [2.05, 4.69) is 10.6 Å². The van der Waals surface area contributed by atoms with Gasteiger partial charge in [0.1, 0.15) is 11.5 Å². The maximum absolute atomic E-state index is 12.0. The summed E-state index contributed by atoms with van der Waals surface area (Å²) in [7, 11) is 0. The lowest BCUT2D eigenvalue weighted by Gasteiger charge is -2.09. The molecule has 2 amide bonds. The average Bonchev–Trinajstić information content (AvgIpc) is 2.89. The Morgan fingerprint density at radius 1 is 1.13 bits per heavy atom. The Bertz CT molecular complexity index is 706. The average molecular weight is 316 g/mol. The molecular formula is C17H20N2O4. The third-order valence-electron chi connectivity index (χ3n) is 3.46. The lowest BCUT2D eigenvalue weighted by molar-refractivity contribution is -0.120. The summed E-state index contributed by atoms with van der Waals surface area (Å²) in [6, 6.07) is 8.94. The fraction of sp³-hybridized carbons (Fsp3) is 0.294. The molecule has 0 aliphatic carbocycles. The van der Waals surface area contributed by atoms with Gasteiger partial charge < -0.3 is 20.2 Å². The van der Waals surface area contributed by atoms with Crippen molar-refractivity contribution in [1.82, 2.24) is 10.6 Å². The van der Waals surface area contributed by atoms with Gasteiger partial charge in [0.15, 0.2) is 0 Å². The number of rotatable bonds is 6. The highest BCUT2D eigenvalue weighted by Gasteiger charge is 2.14. The van der Waals surface area contributed by atoms with Crippen molar-refractivity contribution in [2.24, 2.45) is 0 Å². The minimum absolute atomic E-state index is 0.0815. The van der Waals surface area contributed by atoms with Gasteiger partial charge in [-0.1, -0.05) is 24.3 Å². The predicted molar refractivity (Wildman–Crippen MR) is 84.7 cm³/mol. The SMILES string of the molecule is Cc1cc(C(=O)NCC(=O)NCc2ccccc2CO)c(C)o1. The van der Waals surface area contributed by atoms with Crippen LogP contribution in [0.4, 0.5) is 0 Å². The first kappa shape index (κ1) is 16.8. The Morgan fingerprint density at radius 3 is 2.43 bits per heavy atom. The minimum atomic E-state index is -0.342. The number of aryl methyl sites for hydroxylation is 2. The number of benzene rings is 1. The molecule has 0 spiro atoms. The molecule has 0 unspecified atom stereocenters. The number of aliphatic hydroxyl groups excluding tert-OH is 1. The maximum Gasteiger partial charge on any atom is 0.255 e. The van der Waals surface area contributed by atoms with Crippen LogP contribution in [0.3, 0.4) is 0 Å². The standard InChI is InChI=1S/C17H20N2O4/c1-11-7-15(12(2)23-11)17(22)19-9-16(21)18-8-13-5-3-4-6-14(13)10-20/h3-7,20H,8-10H2,1-2H3,(H,18,21)(H,19,22). The van der Waals surface area contributed by atoms with Crippen LogP contribution in [-0.2, 0) is 17.9 Å². The summed E-state index contributed by atoms with van der Waals surface area (Å²) in [6.45, 7) is 3.56. The number of carbonyl (C=O) groups excluding carboxylic acids is 2. The summed E-state index contributed by atoms with van der Waals surface area (Å²) in [5.41, 5.74) is 2.04. The van der Waals surface area contributed by atoms with Crippen LogP contribution < -0.4 is 10.6 Å². The van der Waals surface area contributed by atoms with E-state index >= 15 is 0 Å². The largest absolute Gasteiger partial charge is 0.466 e. The molecule has 2 aromatic rings. The Hall–Kier alpha value is -2.60. The number of nitrogens with one attached hydrogen (secondary N) is 2. The van der Waals surface area contributed by atoms with Crippen LogP contribution in [0, 0.1) is 13.8 Å². The molecule has 0 bridgehead atoms. The summed E-state index contributed by atoms with van der Waals surface area (Å²) in [5.74, 6) is 0.532. The third kappa shape index (κ3) is 4.43. The van der Waals surface area contributed by atoms with Crippen LogP contribution in [0.25, 0.3) is 0 Å². The van der Waals surface area contributed by atoms with Crippen molar-refractivity contribution >= 4 is 11.8 Å². The van der Waals surface area contributed by atoms with Gasteiger partial charge in [-0.25, -0.2) is 0 Å². The van der Waals surface area contributed by atoms with Crippen molar-refractivity contribution < 1.29 is 19.1 Å². The van der Waals surface area contributed by atoms with Crippen molar-refractivity contribution in [3.63, 3.8) is 0 Å². The van der Waals surface area contributed by atoms with Crippen LogP contribution in [0.15, 0.2) is 34.7 Å². The molecule has 2 rings (SSSR count). The van der Waals surface area contributed by atoms with Gasteiger partial charge in [0.05, 0.1) is 18.7 Å². The van der Waals surface area contributed by atoms with E-state index in [-0.39, 0.29) is 25.0 Å². The molecule has 0 aliphatic heterocycles. The van der Waals surface area contributed by atoms with E-state index in [1.807, 2.05) is 18.2 Å². The molecule has 6 heteroatoms. The summed E-state index contributed by atoms with van der Waals surface area (Å²) in [4.78, 5) is 23.8. The van der Waals surface area contributed by atoms with Crippen LogP contribution >= 0.6 is 0 Å². The van der Waals surface area contributed by atoms with Crippen LogP contribution in [0.2, 0.25) is 0 Å². The van der Waals surface area contributed by atoms with Crippen LogP contribution in [0.5, 0.6) is 0 Å². The smallest absolute Gasteiger partial charge is 0.255 e. The molecule has 3 N–H and O–H groups in total. The van der Waals surface area contributed by atoms with Gasteiger partial charge in [0.2, 0.25) is 5.91 Å². The second kappa shape index (κ2) is 7.60. The van der Waals surface area contributed by atoms with Crippen molar-refractivity contribution in [2.45, 2.75) is 27.0 Å². The van der Waals surface area contributed by atoms with Gasteiger partial charge in [-0.15, -0.1) is 0 Å². The highest BCUT2D eigenvalue weighted by molar-refractivity contribution is 5.97. The monoisotopic (exact) mass is 316 g/mol. The second-order valence-corrected chi connectivity index (χ2v) is 5.21. The topological polar surface area (TPSA) is 91.6 Å². The molecule has 1 aromatic heterocycles. The van der Waals surface area contributed by atoms with Gasteiger partial charge in [-0.3, -0.25) is 9.59 Å². The van der Waals surface area contributed by atoms with E-state index in [0.29, 0.717) is 23.6 Å². The molecule has 1 heterocycles. The quantitative estimate of drug-likeness (QED) is 0.752. The number of furan rings is 1. The molecule has 0 saturated carbocycles. The zero-order chi connectivity index (χ0) is 16.8. The molecule has 122 valence electrons. The highest BCUT2D eigenvalue weighted by atomic mass is 16.3. The molecule has 0 atom stereocenters. The van der Waals surface area contributed by atoms with E-state index in [0.717, 1.165) is 11.1 Å². The lowest BCUT2D eigenvalue weighted by Crippen LogP contribution is -2.36. The second-order valence-electron chi connectivity index (χ2n) is 5.21. The first-order valence-electron chi connectivity index (χ1n) is 7.31. The molecular weight excluding hydrogens is 296 g/mol. The zero-order valence-electron chi connectivity index (χ0n) is 13.2.